The lowest BCUT2D eigenvalue weighted by Gasteiger charge is -2.53. The van der Waals surface area contributed by atoms with Gasteiger partial charge in [-0.2, -0.15) is 0 Å². The molecule has 6 atom stereocenters. The highest BCUT2D eigenvalue weighted by atomic mass is 32.1. The van der Waals surface area contributed by atoms with E-state index in [0.29, 0.717) is 35.4 Å². The number of hydrogen-bond acceptors (Lipinski definition) is 4. The van der Waals surface area contributed by atoms with Crippen LogP contribution in [0.2, 0.25) is 5.82 Å². The van der Waals surface area contributed by atoms with Crippen molar-refractivity contribution in [3.8, 4) is 0 Å². The molecule has 0 amide bonds. The molecule has 4 aliphatic rings. The molecule has 84 heavy (non-hydrogen) atoms. The quantitative estimate of drug-likeness (QED) is 0.0425. The minimum atomic E-state index is -0.182. The van der Waals surface area contributed by atoms with Gasteiger partial charge in [0.05, 0.1) is 5.00 Å². The molecule has 1 fully saturated rings. The van der Waals surface area contributed by atoms with Gasteiger partial charge in [0.2, 0.25) is 6.71 Å². The van der Waals surface area contributed by atoms with E-state index in [4.69, 9.17) is 19.7 Å². The summed E-state index contributed by atoms with van der Waals surface area (Å²) in [6.45, 7) is 69.9. The monoisotopic (exact) mass is 1140 g/mol. The summed E-state index contributed by atoms with van der Waals surface area (Å²) in [4.78, 5) is 7.23. The Balaban J connectivity index is 1.73. The van der Waals surface area contributed by atoms with E-state index < -0.39 is 0 Å². The van der Waals surface area contributed by atoms with Crippen molar-refractivity contribution < 1.29 is 0 Å². The lowest BCUT2D eigenvalue weighted by atomic mass is 9.27. The fourth-order valence-corrected chi connectivity index (χ4v) is 14.6. The van der Waals surface area contributed by atoms with Crippen LogP contribution in [0.15, 0.2) is 255 Å². The maximum atomic E-state index is 4.88. The second-order valence-electron chi connectivity index (χ2n) is 26.9. The van der Waals surface area contributed by atoms with Crippen LogP contribution in [-0.2, 0) is 0 Å². The minimum Gasteiger partial charge on any atom is -0.345 e. The van der Waals surface area contributed by atoms with E-state index in [1.54, 1.807) is 18.2 Å². The van der Waals surface area contributed by atoms with Gasteiger partial charge in [0, 0.05) is 52.1 Å². The van der Waals surface area contributed by atoms with Crippen LogP contribution in [0.5, 0.6) is 0 Å². The first-order chi connectivity index (χ1) is 39.8. The van der Waals surface area contributed by atoms with Gasteiger partial charge in [0.15, 0.2) is 0 Å². The number of benzene rings is 1. The third-order valence-corrected chi connectivity index (χ3v) is 19.1. The molecule has 0 radical (unpaired) electrons. The number of anilines is 1. The largest absolute Gasteiger partial charge is 0.345 e. The van der Waals surface area contributed by atoms with E-state index in [9.17, 15) is 0 Å². The summed E-state index contributed by atoms with van der Waals surface area (Å²) in [5.41, 5.74) is 15.8. The van der Waals surface area contributed by atoms with Gasteiger partial charge in [-0.1, -0.05) is 227 Å². The van der Waals surface area contributed by atoms with Gasteiger partial charge in [-0.15, -0.1) is 17.9 Å². The Morgan fingerprint density at radius 2 is 1.44 bits per heavy atom. The zero-order valence-corrected chi connectivity index (χ0v) is 55.1. The van der Waals surface area contributed by atoms with Gasteiger partial charge in [-0.25, -0.2) is 0 Å². The van der Waals surface area contributed by atoms with Crippen LogP contribution in [0.4, 0.5) is 5.00 Å². The molecule has 0 spiro atoms. The smallest absolute Gasteiger partial charge is 0.223 e. The fourth-order valence-electron chi connectivity index (χ4n) is 13.3. The highest BCUT2D eigenvalue weighted by Gasteiger charge is 2.52. The van der Waals surface area contributed by atoms with Crippen LogP contribution < -0.4 is 10.4 Å². The highest BCUT2D eigenvalue weighted by Crippen LogP contribution is 2.54. The summed E-state index contributed by atoms with van der Waals surface area (Å²) in [6, 6.07) is 5.50. The first kappa shape index (κ1) is 66.6. The number of unbranched alkanes of at least 4 members (excludes halogenated alkanes) is 1. The van der Waals surface area contributed by atoms with E-state index in [2.05, 4.69) is 206 Å². The Kier molecular flexibility index (Phi) is 23.4. The second-order valence-corrected chi connectivity index (χ2v) is 27.9. The van der Waals surface area contributed by atoms with Gasteiger partial charge < -0.3 is 14.7 Å². The molecule has 0 N–H and O–H groups in total. The topological polar surface area (TPSA) is 9.72 Å². The zero-order valence-electron chi connectivity index (χ0n) is 54.3. The van der Waals surface area contributed by atoms with Crippen LogP contribution in [0.1, 0.15) is 171 Å². The molecule has 2 aromatic rings. The predicted octanol–water partition coefficient (Wildman–Crippen LogP) is 22.7. The zero-order chi connectivity index (χ0) is 61.8. The number of allylic oxidation sites excluding steroid dienone is 24. The average molecular weight is 1140 g/mol. The fraction of sp³-hybridized carbons (Fsp3) is 0.392. The normalized spacial score (nSPS) is 21.9. The van der Waals surface area contributed by atoms with Crippen LogP contribution >= 0.6 is 11.3 Å². The van der Waals surface area contributed by atoms with Crippen molar-refractivity contribution in [2.45, 2.75) is 171 Å². The molecule has 444 valence electrons. The number of nitrogens with zero attached hydrogens (tertiary/aromatic N) is 3. The maximum absolute atomic E-state index is 4.88. The average Bonchev–Trinajstić information content (AvgIpc) is 1.42. The summed E-state index contributed by atoms with van der Waals surface area (Å²) < 4.78 is 1.37. The van der Waals surface area contributed by atoms with Gasteiger partial charge in [-0.05, 0) is 196 Å². The van der Waals surface area contributed by atoms with E-state index in [1.807, 2.05) is 65.0 Å². The molecule has 2 aliphatic carbocycles. The molecular weight excluding hydrogens is 1030 g/mol. The molecule has 1 aromatic carbocycles. The van der Waals surface area contributed by atoms with Crippen molar-refractivity contribution in [1.29, 1.82) is 0 Å². The number of hydrogen-bond donors (Lipinski definition) is 0. The summed E-state index contributed by atoms with van der Waals surface area (Å²) in [7, 11) is 0. The Morgan fingerprint density at radius 3 is 2.05 bits per heavy atom. The number of fused-ring (bicyclic) bond motifs is 8. The van der Waals surface area contributed by atoms with E-state index >= 15 is 0 Å². The van der Waals surface area contributed by atoms with Crippen molar-refractivity contribution in [3.05, 3.63) is 266 Å². The second kappa shape index (κ2) is 29.5. The van der Waals surface area contributed by atoms with E-state index in [-0.39, 0.29) is 23.6 Å². The first-order valence-corrected chi connectivity index (χ1v) is 32.1. The maximum Gasteiger partial charge on any atom is 0.223 e. The molecule has 1 saturated carbocycles. The van der Waals surface area contributed by atoms with Gasteiger partial charge >= 0.3 is 0 Å². The molecule has 3 heterocycles. The minimum absolute atomic E-state index is 0.124. The highest BCUT2D eigenvalue weighted by molar-refractivity contribution is 7.25. The molecule has 2 aliphatic heterocycles. The lowest BCUT2D eigenvalue weighted by Crippen LogP contribution is -2.57. The Hall–Kier alpha value is -6.56. The summed E-state index contributed by atoms with van der Waals surface area (Å²) in [5, 5.41) is 2.71. The molecular formula is C79H104BN3S. The lowest BCUT2D eigenvalue weighted by molar-refractivity contribution is 0.159. The molecule has 3 nitrogen and oxygen atoms in total. The third kappa shape index (κ3) is 15.7. The van der Waals surface area contributed by atoms with Gasteiger partial charge in [0.25, 0.3) is 0 Å². The van der Waals surface area contributed by atoms with Crippen LogP contribution in [0.25, 0.3) is 10.1 Å². The van der Waals surface area contributed by atoms with Crippen molar-refractivity contribution in [2.75, 3.05) is 4.90 Å². The van der Waals surface area contributed by atoms with Crippen LogP contribution in [-0.4, -0.2) is 22.6 Å². The first-order valence-electron chi connectivity index (χ1n) is 31.3. The van der Waals surface area contributed by atoms with Gasteiger partial charge in [-0.3, -0.25) is 0 Å². The number of thiophene rings is 1. The Bertz CT molecular complexity index is 3210. The molecule has 5 heteroatoms. The van der Waals surface area contributed by atoms with Gasteiger partial charge in [0.1, 0.15) is 0 Å². The third-order valence-electron chi connectivity index (χ3n) is 18.0. The van der Waals surface area contributed by atoms with Crippen molar-refractivity contribution in [3.63, 3.8) is 0 Å². The standard InChI is InChI=1S/C79H104BN3S/c1-23-28-30-32-33-34-37-60(14)76(55(8)9)83-53-71-72(49-61(15)56(10)42-43-62(16)81(47-35-31-29-24-2)64(26-4)36-25-3)82(48-46-69(79(20,21)22)68(27-5)78(17,18)19)77-75(67-51-65-58(12)40-41-59(13)66(65)52-74(67)84-77)80(71)70-45-44-63(50-73(70)83)57(11)39-38-54(6)7/h23-27,29,31-37,42-43,46-49,51-54,57-59,63,70,73H,1-5,8,10,15-16,28,30,38-41,44-45,50H2,6-7,9,11-14,17-22H3/b31-29-,33-32+,37-34+,43-42-,47-35+,48-46+,64-36+,69-68-,72-49+,76-60+. The summed E-state index contributed by atoms with van der Waals surface area (Å²) in [5.74, 6) is 3.26. The number of rotatable bonds is 25. The van der Waals surface area contributed by atoms with Crippen LogP contribution in [0, 0.1) is 28.6 Å². The van der Waals surface area contributed by atoms with E-state index in [0.717, 1.165) is 59.5 Å². The predicted molar refractivity (Wildman–Crippen MR) is 378 cm³/mol. The SMILES string of the molecule is C=C/C=C\C=C\N(C(=C)/C=C\C(=C)C(=C)/C=C1\C2=CN(/C(C(=C)C)=C(C)/C=C/C=C/CCC=C)C3CC(C(C)CCC(C)C)CCC3B2c2c(sc3cc4c(cc23)C(C)CCC4C)N1/C=C/C(=C(\C=C)C(C)(C)C)C(C)(C)C)/C(C=C)=C/C=C. The van der Waals surface area contributed by atoms with Crippen molar-refractivity contribution in [2.24, 2.45) is 28.6 Å². The van der Waals surface area contributed by atoms with E-state index in [1.165, 1.54) is 91.7 Å². The Labute approximate surface area is 516 Å². The van der Waals surface area contributed by atoms with Crippen LogP contribution in [0.3, 0.4) is 0 Å². The summed E-state index contributed by atoms with van der Waals surface area (Å²) >= 11 is 1.97. The molecule has 6 unspecified atom stereocenters. The molecule has 0 bridgehead atoms. The van der Waals surface area contributed by atoms with Crippen molar-refractivity contribution in [1.82, 2.24) is 9.80 Å². The molecule has 0 saturated heterocycles. The molecule has 1 aromatic heterocycles. The summed E-state index contributed by atoms with van der Waals surface area (Å²) in [6.07, 6.45) is 52.1. The molecule has 6 rings (SSSR count). The Morgan fingerprint density at radius 1 is 0.750 bits per heavy atom. The van der Waals surface area contributed by atoms with Crippen molar-refractivity contribution >= 4 is 38.6 Å².